The minimum atomic E-state index is -1.27. The number of carbonyl (C=O) groups excluding carboxylic acids is 2. The Hall–Kier alpha value is -2.28. The summed E-state index contributed by atoms with van der Waals surface area (Å²) in [6.45, 7) is 5.55. The molecule has 0 aromatic heterocycles. The predicted octanol–water partition coefficient (Wildman–Crippen LogP) is 3.78. The molecule has 148 valence electrons. The first-order chi connectivity index (χ1) is 12.5. The Labute approximate surface area is 163 Å². The molecule has 0 bridgehead atoms. The Morgan fingerprint density at radius 1 is 1.11 bits per heavy atom. The van der Waals surface area contributed by atoms with E-state index >= 15 is 0 Å². The molecule has 0 saturated heterocycles. The van der Waals surface area contributed by atoms with E-state index in [2.05, 4.69) is 16.0 Å². The first-order valence-corrected chi connectivity index (χ1v) is 9.35. The molecule has 1 aliphatic rings. The van der Waals surface area contributed by atoms with Gasteiger partial charge in [-0.25, -0.2) is 9.59 Å². The molecule has 2 rings (SSSR count). The van der Waals surface area contributed by atoms with Crippen LogP contribution in [0.5, 0.6) is 0 Å². The van der Waals surface area contributed by atoms with Crippen molar-refractivity contribution in [2.24, 2.45) is 0 Å². The lowest BCUT2D eigenvalue weighted by Crippen LogP contribution is -2.55. The number of hydrogen-bond donors (Lipinski definition) is 4. The number of hydrogen-bond acceptors (Lipinski definition) is 3. The van der Waals surface area contributed by atoms with Crippen LogP contribution in [0, 0.1) is 0 Å². The van der Waals surface area contributed by atoms with Crippen molar-refractivity contribution >= 4 is 35.2 Å². The Morgan fingerprint density at radius 2 is 1.74 bits per heavy atom. The summed E-state index contributed by atoms with van der Waals surface area (Å²) in [5.74, 6) is -1.60. The number of aliphatic carboxylic acids is 1. The number of carboxylic acids is 1. The maximum absolute atomic E-state index is 12.7. The van der Waals surface area contributed by atoms with E-state index < -0.39 is 29.0 Å². The Bertz CT molecular complexity index is 737. The molecular weight excluding hydrogens is 370 g/mol. The second kappa shape index (κ2) is 8.17. The minimum absolute atomic E-state index is 0.122. The predicted molar refractivity (Wildman–Crippen MR) is 104 cm³/mol. The van der Waals surface area contributed by atoms with Crippen molar-refractivity contribution in [3.05, 3.63) is 28.8 Å². The average molecular weight is 396 g/mol. The van der Waals surface area contributed by atoms with Crippen LogP contribution in [-0.2, 0) is 4.79 Å². The average Bonchev–Trinajstić information content (AvgIpc) is 2.55. The molecule has 0 radical (unpaired) electrons. The SMILES string of the molecule is CC(C)(C)NC(=O)Nc1ccc(Cl)c(C(=O)NC2(C(=O)O)CCCCC2)c1. The number of carboxylic acid groups (broad SMARTS) is 1. The van der Waals surface area contributed by atoms with Crippen molar-refractivity contribution in [3.8, 4) is 0 Å². The molecule has 0 spiro atoms. The number of halogens is 1. The van der Waals surface area contributed by atoms with Crippen LogP contribution in [0.25, 0.3) is 0 Å². The van der Waals surface area contributed by atoms with E-state index in [-0.39, 0.29) is 10.6 Å². The van der Waals surface area contributed by atoms with Crippen LogP contribution >= 0.6 is 11.6 Å². The molecule has 7 nitrogen and oxygen atoms in total. The molecule has 0 aliphatic heterocycles. The molecule has 3 amide bonds. The Balaban J connectivity index is 2.18. The topological polar surface area (TPSA) is 108 Å². The van der Waals surface area contributed by atoms with Gasteiger partial charge in [-0.1, -0.05) is 30.9 Å². The van der Waals surface area contributed by atoms with E-state index in [1.165, 1.54) is 12.1 Å². The first-order valence-electron chi connectivity index (χ1n) is 8.97. The second-order valence-corrected chi connectivity index (χ2v) is 8.33. The van der Waals surface area contributed by atoms with Gasteiger partial charge in [0.15, 0.2) is 0 Å². The third-order valence-corrected chi connectivity index (χ3v) is 4.76. The van der Waals surface area contributed by atoms with Crippen molar-refractivity contribution in [1.29, 1.82) is 0 Å². The molecule has 1 aliphatic carbocycles. The van der Waals surface area contributed by atoms with Crippen molar-refractivity contribution in [1.82, 2.24) is 10.6 Å². The molecule has 1 aromatic carbocycles. The molecule has 4 N–H and O–H groups in total. The van der Waals surface area contributed by atoms with E-state index in [1.807, 2.05) is 20.8 Å². The number of rotatable bonds is 4. The van der Waals surface area contributed by atoms with Gasteiger partial charge in [-0.05, 0) is 51.8 Å². The lowest BCUT2D eigenvalue weighted by atomic mass is 9.81. The molecule has 0 heterocycles. The maximum atomic E-state index is 12.7. The highest BCUT2D eigenvalue weighted by Gasteiger charge is 2.41. The van der Waals surface area contributed by atoms with E-state index in [0.717, 1.165) is 19.3 Å². The normalized spacial score (nSPS) is 16.3. The van der Waals surface area contributed by atoms with Crippen molar-refractivity contribution in [2.45, 2.75) is 64.0 Å². The molecule has 0 unspecified atom stereocenters. The van der Waals surface area contributed by atoms with E-state index in [1.54, 1.807) is 6.07 Å². The number of carbonyl (C=O) groups is 3. The number of amides is 3. The summed E-state index contributed by atoms with van der Waals surface area (Å²) in [7, 11) is 0. The number of anilines is 1. The molecular formula is C19H26ClN3O4. The summed E-state index contributed by atoms with van der Waals surface area (Å²) in [5.41, 5.74) is -1.17. The van der Waals surface area contributed by atoms with E-state index in [4.69, 9.17) is 11.6 Å². The number of urea groups is 1. The fourth-order valence-corrected chi connectivity index (χ4v) is 3.32. The van der Waals surface area contributed by atoms with Gasteiger partial charge in [0.05, 0.1) is 10.6 Å². The summed E-state index contributed by atoms with van der Waals surface area (Å²) in [5, 5.41) is 17.9. The maximum Gasteiger partial charge on any atom is 0.329 e. The molecule has 0 atom stereocenters. The van der Waals surface area contributed by atoms with Gasteiger partial charge in [0.2, 0.25) is 0 Å². The molecule has 1 aromatic rings. The van der Waals surface area contributed by atoms with Crippen LogP contribution in [0.4, 0.5) is 10.5 Å². The molecule has 27 heavy (non-hydrogen) atoms. The van der Waals surface area contributed by atoms with Gasteiger partial charge in [-0.2, -0.15) is 0 Å². The van der Waals surface area contributed by atoms with Gasteiger partial charge in [0.25, 0.3) is 5.91 Å². The van der Waals surface area contributed by atoms with Gasteiger partial charge in [0, 0.05) is 11.2 Å². The molecule has 8 heteroatoms. The lowest BCUT2D eigenvalue weighted by molar-refractivity contribution is -0.145. The van der Waals surface area contributed by atoms with Gasteiger partial charge >= 0.3 is 12.0 Å². The van der Waals surface area contributed by atoms with Crippen molar-refractivity contribution < 1.29 is 19.5 Å². The van der Waals surface area contributed by atoms with Crippen LogP contribution in [-0.4, -0.2) is 34.1 Å². The van der Waals surface area contributed by atoms with Crippen LogP contribution in [0.3, 0.4) is 0 Å². The standard InChI is InChI=1S/C19H26ClN3O4/c1-18(2,3)23-17(27)21-12-7-8-14(20)13(11-12)15(24)22-19(16(25)26)9-5-4-6-10-19/h7-8,11H,4-6,9-10H2,1-3H3,(H,22,24)(H,25,26)(H2,21,23,27). The van der Waals surface area contributed by atoms with Crippen molar-refractivity contribution in [3.63, 3.8) is 0 Å². The van der Waals surface area contributed by atoms with Gasteiger partial charge in [-0.15, -0.1) is 0 Å². The van der Waals surface area contributed by atoms with Gasteiger partial charge in [-0.3, -0.25) is 4.79 Å². The fraction of sp³-hybridized carbons (Fsp3) is 0.526. The third kappa shape index (κ3) is 5.60. The summed E-state index contributed by atoms with van der Waals surface area (Å²) < 4.78 is 0. The molecule has 1 saturated carbocycles. The van der Waals surface area contributed by atoms with E-state index in [0.29, 0.717) is 18.5 Å². The second-order valence-electron chi connectivity index (χ2n) is 7.93. The smallest absolute Gasteiger partial charge is 0.329 e. The quantitative estimate of drug-likeness (QED) is 0.622. The fourth-order valence-electron chi connectivity index (χ4n) is 3.11. The monoisotopic (exact) mass is 395 g/mol. The number of nitrogens with one attached hydrogen (secondary N) is 3. The zero-order valence-corrected chi connectivity index (χ0v) is 16.6. The first kappa shape index (κ1) is 21.0. The highest BCUT2D eigenvalue weighted by atomic mass is 35.5. The summed E-state index contributed by atoms with van der Waals surface area (Å²) in [6, 6.07) is 4.11. The van der Waals surface area contributed by atoms with Crippen molar-refractivity contribution in [2.75, 3.05) is 5.32 Å². The Morgan fingerprint density at radius 3 is 2.30 bits per heavy atom. The highest BCUT2D eigenvalue weighted by Crippen LogP contribution is 2.30. The summed E-state index contributed by atoms with van der Waals surface area (Å²) in [4.78, 5) is 36.5. The van der Waals surface area contributed by atoms with Crippen LogP contribution in [0.15, 0.2) is 18.2 Å². The van der Waals surface area contributed by atoms with Crippen LogP contribution in [0.2, 0.25) is 5.02 Å². The Kier molecular flexibility index (Phi) is 6.36. The summed E-state index contributed by atoms with van der Waals surface area (Å²) in [6.07, 6.45) is 3.22. The van der Waals surface area contributed by atoms with Gasteiger partial charge in [0.1, 0.15) is 5.54 Å². The molecule has 1 fully saturated rings. The van der Waals surface area contributed by atoms with Gasteiger partial charge < -0.3 is 21.1 Å². The zero-order valence-electron chi connectivity index (χ0n) is 15.8. The van der Waals surface area contributed by atoms with Crippen LogP contribution < -0.4 is 16.0 Å². The minimum Gasteiger partial charge on any atom is -0.480 e. The highest BCUT2D eigenvalue weighted by molar-refractivity contribution is 6.34. The number of benzene rings is 1. The third-order valence-electron chi connectivity index (χ3n) is 4.43. The van der Waals surface area contributed by atoms with Crippen LogP contribution in [0.1, 0.15) is 63.2 Å². The largest absolute Gasteiger partial charge is 0.480 e. The van der Waals surface area contributed by atoms with E-state index in [9.17, 15) is 19.5 Å². The summed E-state index contributed by atoms with van der Waals surface area (Å²) >= 11 is 6.14. The zero-order chi connectivity index (χ0) is 20.2. The lowest BCUT2D eigenvalue weighted by Gasteiger charge is -2.34.